The number of carbonyl (C=O) groups excluding carboxylic acids is 1. The molecule has 0 bridgehead atoms. The highest BCUT2D eigenvalue weighted by molar-refractivity contribution is 6.67. The minimum atomic E-state index is -0.591. The molecule has 0 aliphatic heterocycles. The van der Waals surface area contributed by atoms with Crippen LogP contribution in [0.5, 0.6) is 0 Å². The fourth-order valence-electron chi connectivity index (χ4n) is 1.61. The van der Waals surface area contributed by atoms with Crippen molar-refractivity contribution in [2.24, 2.45) is 0 Å². The Bertz CT molecular complexity index is 666. The van der Waals surface area contributed by atoms with Gasteiger partial charge in [0.25, 0.3) is 5.24 Å². The number of halogens is 5. The summed E-state index contributed by atoms with van der Waals surface area (Å²) < 4.78 is 0. The summed E-state index contributed by atoms with van der Waals surface area (Å²) in [5, 5.41) is 0.811. The number of hydrogen-bond donors (Lipinski definition) is 0. The highest BCUT2D eigenvalue weighted by Crippen LogP contribution is 2.42. The van der Waals surface area contributed by atoms with Gasteiger partial charge in [0.05, 0.1) is 15.1 Å². The molecule has 0 aromatic heterocycles. The summed E-state index contributed by atoms with van der Waals surface area (Å²) in [6.45, 7) is 0. The van der Waals surface area contributed by atoms with Crippen molar-refractivity contribution < 1.29 is 4.79 Å². The van der Waals surface area contributed by atoms with Crippen LogP contribution in [0.3, 0.4) is 0 Å². The molecular weight excluding hydrogens is 349 g/mol. The molecule has 1 nitrogen and oxygen atoms in total. The van der Waals surface area contributed by atoms with E-state index in [0.717, 1.165) is 0 Å². The van der Waals surface area contributed by atoms with E-state index in [1.807, 2.05) is 0 Å². The Morgan fingerprint density at radius 1 is 0.842 bits per heavy atom. The van der Waals surface area contributed by atoms with Crippen molar-refractivity contribution in [2.75, 3.05) is 0 Å². The van der Waals surface area contributed by atoms with Gasteiger partial charge in [0, 0.05) is 21.7 Å². The minimum Gasteiger partial charge on any atom is -0.276 e. The number of hydrogen-bond acceptors (Lipinski definition) is 1. The van der Waals surface area contributed by atoms with Crippen molar-refractivity contribution in [3.05, 3.63) is 56.0 Å². The molecular formula is C13H5Cl5O. The second kappa shape index (κ2) is 5.90. The molecule has 0 unspecified atom stereocenters. The van der Waals surface area contributed by atoms with Gasteiger partial charge in [-0.2, -0.15) is 0 Å². The van der Waals surface area contributed by atoms with Crippen LogP contribution in [-0.4, -0.2) is 5.24 Å². The molecule has 0 saturated carbocycles. The molecule has 0 fully saturated rings. The first-order chi connectivity index (χ1) is 8.91. The van der Waals surface area contributed by atoms with Gasteiger partial charge in [-0.3, -0.25) is 4.79 Å². The lowest BCUT2D eigenvalue weighted by Gasteiger charge is -2.11. The topological polar surface area (TPSA) is 17.1 Å². The normalized spacial score (nSPS) is 10.6. The van der Waals surface area contributed by atoms with Gasteiger partial charge < -0.3 is 0 Å². The van der Waals surface area contributed by atoms with E-state index < -0.39 is 5.24 Å². The number of carbonyl (C=O) groups is 1. The zero-order chi connectivity index (χ0) is 14.2. The van der Waals surface area contributed by atoms with Crippen molar-refractivity contribution in [1.29, 1.82) is 0 Å². The van der Waals surface area contributed by atoms with Crippen LogP contribution in [0.15, 0.2) is 30.3 Å². The summed E-state index contributed by atoms with van der Waals surface area (Å²) in [5.41, 5.74) is 1.28. The first-order valence-corrected chi connectivity index (χ1v) is 6.94. The molecule has 2 rings (SSSR count). The monoisotopic (exact) mass is 352 g/mol. The third kappa shape index (κ3) is 3.01. The average Bonchev–Trinajstić information content (AvgIpc) is 2.36. The van der Waals surface area contributed by atoms with Gasteiger partial charge in [0.2, 0.25) is 0 Å². The molecule has 0 heterocycles. The van der Waals surface area contributed by atoms with Crippen LogP contribution in [0.25, 0.3) is 11.1 Å². The van der Waals surface area contributed by atoms with Crippen LogP contribution in [0.2, 0.25) is 20.1 Å². The Hall–Kier alpha value is -0.440. The Morgan fingerprint density at radius 3 is 2.05 bits per heavy atom. The predicted octanol–water partition coefficient (Wildman–Crippen LogP) is 6.35. The van der Waals surface area contributed by atoms with Gasteiger partial charge in [-0.25, -0.2) is 0 Å². The summed E-state index contributed by atoms with van der Waals surface area (Å²) >= 11 is 29.8. The SMILES string of the molecule is O=C(Cl)c1ccc(Cl)c(-c2c(Cl)ccc(Cl)c2Cl)c1. The van der Waals surface area contributed by atoms with Crippen LogP contribution in [0.4, 0.5) is 0 Å². The van der Waals surface area contributed by atoms with Gasteiger partial charge in [-0.15, -0.1) is 0 Å². The standard InChI is InChI=1S/C13H5Cl5O/c14-8-2-1-6(13(18)19)5-7(8)11-9(15)3-4-10(16)12(11)17/h1-5H. The number of rotatable bonds is 2. The number of benzene rings is 2. The van der Waals surface area contributed by atoms with Gasteiger partial charge >= 0.3 is 0 Å². The lowest BCUT2D eigenvalue weighted by molar-refractivity contribution is 0.108. The zero-order valence-electron chi connectivity index (χ0n) is 9.18. The highest BCUT2D eigenvalue weighted by Gasteiger charge is 2.16. The first-order valence-electron chi connectivity index (χ1n) is 5.05. The Balaban J connectivity index is 2.75. The molecule has 0 aliphatic rings. The molecule has 0 radical (unpaired) electrons. The van der Waals surface area contributed by atoms with Crippen LogP contribution >= 0.6 is 58.0 Å². The van der Waals surface area contributed by atoms with Crippen molar-refractivity contribution in [2.45, 2.75) is 0 Å². The van der Waals surface area contributed by atoms with Crippen molar-refractivity contribution in [1.82, 2.24) is 0 Å². The van der Waals surface area contributed by atoms with Crippen LogP contribution in [0.1, 0.15) is 10.4 Å². The van der Waals surface area contributed by atoms with Crippen molar-refractivity contribution in [3.8, 4) is 11.1 Å². The third-order valence-electron chi connectivity index (χ3n) is 2.51. The van der Waals surface area contributed by atoms with E-state index in [0.29, 0.717) is 31.8 Å². The van der Waals surface area contributed by atoms with Crippen molar-refractivity contribution in [3.63, 3.8) is 0 Å². The quantitative estimate of drug-likeness (QED) is 0.454. The Morgan fingerprint density at radius 2 is 1.42 bits per heavy atom. The molecule has 6 heteroatoms. The largest absolute Gasteiger partial charge is 0.276 e. The maximum Gasteiger partial charge on any atom is 0.252 e. The van der Waals surface area contributed by atoms with Crippen molar-refractivity contribution >= 4 is 63.2 Å². The van der Waals surface area contributed by atoms with Gasteiger partial charge in [-0.05, 0) is 41.9 Å². The Kier molecular flexibility index (Phi) is 4.65. The summed E-state index contributed by atoms with van der Waals surface area (Å²) in [6.07, 6.45) is 0. The van der Waals surface area contributed by atoms with Crippen LogP contribution in [-0.2, 0) is 0 Å². The second-order valence-corrected chi connectivity index (χ2v) is 5.63. The summed E-state index contributed by atoms with van der Waals surface area (Å²) in [5.74, 6) is 0. The first kappa shape index (κ1) is 15.0. The summed E-state index contributed by atoms with van der Waals surface area (Å²) in [4.78, 5) is 11.2. The van der Waals surface area contributed by atoms with Crippen LogP contribution < -0.4 is 0 Å². The van der Waals surface area contributed by atoms with Crippen LogP contribution in [0, 0.1) is 0 Å². The predicted molar refractivity (Wildman–Crippen MR) is 82.1 cm³/mol. The fourth-order valence-corrected chi connectivity index (χ4v) is 2.67. The van der Waals surface area contributed by atoms with E-state index in [-0.39, 0.29) is 5.02 Å². The minimum absolute atomic E-state index is 0.273. The van der Waals surface area contributed by atoms with E-state index >= 15 is 0 Å². The lowest BCUT2D eigenvalue weighted by atomic mass is 10.0. The maximum atomic E-state index is 11.2. The van der Waals surface area contributed by atoms with E-state index in [1.165, 1.54) is 12.1 Å². The summed E-state index contributed by atoms with van der Waals surface area (Å²) in [7, 11) is 0. The van der Waals surface area contributed by atoms with E-state index in [2.05, 4.69) is 0 Å². The van der Waals surface area contributed by atoms with E-state index in [9.17, 15) is 4.79 Å². The van der Waals surface area contributed by atoms with E-state index in [1.54, 1.807) is 18.2 Å². The second-order valence-electron chi connectivity index (χ2n) is 3.69. The van der Waals surface area contributed by atoms with E-state index in [4.69, 9.17) is 58.0 Å². The van der Waals surface area contributed by atoms with Gasteiger partial charge in [0.1, 0.15) is 0 Å². The molecule has 98 valence electrons. The highest BCUT2D eigenvalue weighted by atomic mass is 35.5. The van der Waals surface area contributed by atoms with Gasteiger partial charge in [0.15, 0.2) is 0 Å². The Labute approximate surface area is 135 Å². The molecule has 0 spiro atoms. The maximum absolute atomic E-state index is 11.2. The molecule has 0 atom stereocenters. The lowest BCUT2D eigenvalue weighted by Crippen LogP contribution is -1.91. The third-order valence-corrected chi connectivity index (χ3v) is 4.17. The molecule has 0 N–H and O–H groups in total. The van der Waals surface area contributed by atoms with Gasteiger partial charge in [-0.1, -0.05) is 46.4 Å². The zero-order valence-corrected chi connectivity index (χ0v) is 13.0. The molecule has 0 aliphatic carbocycles. The average molecular weight is 354 g/mol. The molecule has 0 amide bonds. The summed E-state index contributed by atoms with van der Waals surface area (Å²) in [6, 6.07) is 7.80. The fraction of sp³-hybridized carbons (Fsp3) is 0. The smallest absolute Gasteiger partial charge is 0.252 e. The molecule has 0 saturated heterocycles. The molecule has 2 aromatic carbocycles. The molecule has 19 heavy (non-hydrogen) atoms. The molecule has 2 aromatic rings.